The van der Waals surface area contributed by atoms with Gasteiger partial charge in [-0.15, -0.1) is 0 Å². The first-order valence-corrected chi connectivity index (χ1v) is 5.26. The molecule has 0 aliphatic carbocycles. The first kappa shape index (κ1) is 12.2. The smallest absolute Gasteiger partial charge is 0.126 e. The molecule has 0 spiro atoms. The van der Waals surface area contributed by atoms with Crippen molar-refractivity contribution in [2.24, 2.45) is 4.99 Å². The van der Waals surface area contributed by atoms with Gasteiger partial charge in [0, 0.05) is 0 Å². The Morgan fingerprint density at radius 3 is 2.93 bits per heavy atom. The van der Waals surface area contributed by atoms with Gasteiger partial charge in [-0.1, -0.05) is 35.3 Å². The maximum absolute atomic E-state index is 12.8. The molecule has 0 atom stereocenters. The van der Waals surface area contributed by atoms with Gasteiger partial charge in [-0.2, -0.15) is 0 Å². The molecule has 0 fully saturated rings. The number of nitrogens with zero attached hydrogens (tertiary/aromatic N) is 1. The molecule has 1 nitrogen and oxygen atoms in total. The van der Waals surface area contributed by atoms with Gasteiger partial charge in [0.2, 0.25) is 0 Å². The van der Waals surface area contributed by atoms with Crippen LogP contribution >= 0.6 is 23.2 Å². The van der Waals surface area contributed by atoms with Gasteiger partial charge < -0.3 is 0 Å². The van der Waals surface area contributed by atoms with Crippen LogP contribution in [0.25, 0.3) is 0 Å². The van der Waals surface area contributed by atoms with E-state index >= 15 is 0 Å². The van der Waals surface area contributed by atoms with E-state index in [4.69, 9.17) is 23.2 Å². The second kappa shape index (κ2) is 6.59. The molecule has 0 aromatic heterocycles. The molecule has 0 bridgehead atoms. The molecule has 1 aromatic carbocycles. The van der Waals surface area contributed by atoms with Crippen molar-refractivity contribution in [3.63, 3.8) is 0 Å². The number of hydrogen-bond donors (Lipinski definition) is 0. The molecular weight excluding hydrogens is 236 g/mol. The molecule has 80 valence electrons. The van der Waals surface area contributed by atoms with E-state index in [0.29, 0.717) is 11.6 Å². The lowest BCUT2D eigenvalue weighted by molar-refractivity contribution is 0.625. The summed E-state index contributed by atoms with van der Waals surface area (Å²) in [5.41, 5.74) is 2.05. The number of rotatable bonds is 4. The lowest BCUT2D eigenvalue weighted by atomic mass is 10.1. The molecule has 0 radical (unpaired) electrons. The van der Waals surface area contributed by atoms with Crippen LogP contribution in [0.3, 0.4) is 0 Å². The van der Waals surface area contributed by atoms with Crippen LogP contribution in [0.1, 0.15) is 12.0 Å². The normalized spacial score (nSPS) is 12.3. The minimum Gasteiger partial charge on any atom is -0.233 e. The number of hydrogen-bond acceptors (Lipinski definition) is 1. The molecule has 0 amide bonds. The Labute approximate surface area is 98.2 Å². The Kier molecular flexibility index (Phi) is 5.37. The van der Waals surface area contributed by atoms with Crippen molar-refractivity contribution >= 4 is 28.9 Å². The molecule has 0 unspecified atom stereocenters. The third-order valence-electron chi connectivity index (χ3n) is 1.81. The first-order valence-electron chi connectivity index (χ1n) is 4.45. The molecule has 0 saturated heterocycles. The maximum Gasteiger partial charge on any atom is 0.126 e. The van der Waals surface area contributed by atoms with E-state index in [0.717, 1.165) is 17.7 Å². The molecule has 1 rings (SSSR count). The van der Waals surface area contributed by atoms with Crippen LogP contribution in [-0.2, 0) is 6.42 Å². The highest BCUT2D eigenvalue weighted by Crippen LogP contribution is 2.09. The summed E-state index contributed by atoms with van der Waals surface area (Å²) in [5, 5.41) is 0.349. The second-order valence-corrected chi connectivity index (χ2v) is 3.50. The minimum atomic E-state index is -0.221. The van der Waals surface area contributed by atoms with Crippen LogP contribution in [-0.4, -0.2) is 5.67 Å². The largest absolute Gasteiger partial charge is 0.233 e. The SMILES string of the molecule is Fc1cccc(CCC=C(Cl)N=CCl)c1. The summed E-state index contributed by atoms with van der Waals surface area (Å²) >= 11 is 10.9. The fourth-order valence-corrected chi connectivity index (χ4v) is 1.46. The van der Waals surface area contributed by atoms with E-state index < -0.39 is 0 Å². The third kappa shape index (κ3) is 4.96. The zero-order chi connectivity index (χ0) is 11.1. The number of allylic oxidation sites excluding steroid dienone is 1. The predicted octanol–water partition coefficient (Wildman–Crippen LogP) is 4.11. The number of aryl methyl sites for hydroxylation is 1. The predicted molar refractivity (Wildman–Crippen MR) is 63.0 cm³/mol. The van der Waals surface area contributed by atoms with Crippen LogP contribution in [0.4, 0.5) is 4.39 Å². The number of halogens is 3. The van der Waals surface area contributed by atoms with Gasteiger partial charge in [-0.25, -0.2) is 9.38 Å². The van der Waals surface area contributed by atoms with Crippen molar-refractivity contribution in [2.75, 3.05) is 0 Å². The average molecular weight is 246 g/mol. The van der Waals surface area contributed by atoms with E-state index in [1.54, 1.807) is 12.1 Å². The van der Waals surface area contributed by atoms with Crippen molar-refractivity contribution in [1.29, 1.82) is 0 Å². The Bertz CT molecular complexity index is 375. The van der Waals surface area contributed by atoms with Gasteiger partial charge >= 0.3 is 0 Å². The Morgan fingerprint density at radius 2 is 2.27 bits per heavy atom. The van der Waals surface area contributed by atoms with Gasteiger partial charge in [0.25, 0.3) is 0 Å². The average Bonchev–Trinajstić information content (AvgIpc) is 2.18. The van der Waals surface area contributed by atoms with Crippen LogP contribution in [0.2, 0.25) is 0 Å². The van der Waals surface area contributed by atoms with Crippen LogP contribution in [0, 0.1) is 5.82 Å². The molecule has 0 N–H and O–H groups in total. The monoisotopic (exact) mass is 245 g/mol. The first-order chi connectivity index (χ1) is 7.22. The Morgan fingerprint density at radius 1 is 1.47 bits per heavy atom. The summed E-state index contributed by atoms with van der Waals surface area (Å²) < 4.78 is 12.8. The molecule has 4 heteroatoms. The van der Waals surface area contributed by atoms with Crippen molar-refractivity contribution in [2.45, 2.75) is 12.8 Å². The lowest BCUT2D eigenvalue weighted by Gasteiger charge is -1.97. The van der Waals surface area contributed by atoms with Gasteiger partial charge in [-0.3, -0.25) is 0 Å². The van der Waals surface area contributed by atoms with Gasteiger partial charge in [-0.05, 0) is 36.6 Å². The van der Waals surface area contributed by atoms with E-state index in [1.807, 2.05) is 6.07 Å². The third-order valence-corrected chi connectivity index (χ3v) is 2.16. The van der Waals surface area contributed by atoms with Gasteiger partial charge in [0.15, 0.2) is 0 Å². The van der Waals surface area contributed by atoms with Crippen molar-refractivity contribution in [1.82, 2.24) is 0 Å². The summed E-state index contributed by atoms with van der Waals surface area (Å²) in [6.07, 6.45) is 3.17. The Balaban J connectivity index is 2.47. The maximum atomic E-state index is 12.8. The summed E-state index contributed by atoms with van der Waals surface area (Å²) in [5.74, 6) is -0.221. The zero-order valence-electron chi connectivity index (χ0n) is 7.96. The highest BCUT2D eigenvalue weighted by Gasteiger charge is 1.94. The molecule has 0 aliphatic rings. The Hall–Kier alpha value is -0.860. The highest BCUT2D eigenvalue weighted by molar-refractivity contribution is 6.56. The highest BCUT2D eigenvalue weighted by atomic mass is 35.5. The van der Waals surface area contributed by atoms with Crippen LogP contribution in [0.5, 0.6) is 0 Å². The minimum absolute atomic E-state index is 0.221. The number of aliphatic imine (C=N–C) groups is 1. The van der Waals surface area contributed by atoms with E-state index in [1.165, 1.54) is 12.1 Å². The molecule has 0 saturated carbocycles. The number of benzene rings is 1. The fraction of sp³-hybridized carbons (Fsp3) is 0.182. The van der Waals surface area contributed by atoms with Crippen molar-refractivity contribution < 1.29 is 4.39 Å². The molecule has 1 aromatic rings. The topological polar surface area (TPSA) is 12.4 Å². The summed E-state index contributed by atoms with van der Waals surface area (Å²) in [4.78, 5) is 3.67. The second-order valence-electron chi connectivity index (χ2n) is 2.92. The van der Waals surface area contributed by atoms with Crippen LogP contribution in [0.15, 0.2) is 40.5 Å². The van der Waals surface area contributed by atoms with Gasteiger partial charge in [0.1, 0.15) is 11.0 Å². The molecular formula is C11H10Cl2FN. The fourth-order valence-electron chi connectivity index (χ4n) is 1.15. The summed E-state index contributed by atoms with van der Waals surface area (Å²) in [6, 6.07) is 6.49. The standard InChI is InChI=1S/C11H10Cl2FN/c12-8-15-11(13)6-2-4-9-3-1-5-10(14)7-9/h1,3,5-8H,2,4H2. The summed E-state index contributed by atoms with van der Waals surface area (Å²) in [7, 11) is 0. The van der Waals surface area contributed by atoms with Crippen molar-refractivity contribution in [3.8, 4) is 0 Å². The zero-order valence-corrected chi connectivity index (χ0v) is 9.47. The van der Waals surface area contributed by atoms with Crippen molar-refractivity contribution in [3.05, 3.63) is 46.9 Å². The molecule has 0 heterocycles. The molecule has 15 heavy (non-hydrogen) atoms. The van der Waals surface area contributed by atoms with Gasteiger partial charge in [0.05, 0.1) is 5.67 Å². The van der Waals surface area contributed by atoms with E-state index in [9.17, 15) is 4.39 Å². The van der Waals surface area contributed by atoms with E-state index in [-0.39, 0.29) is 5.82 Å². The van der Waals surface area contributed by atoms with E-state index in [2.05, 4.69) is 4.99 Å². The lowest BCUT2D eigenvalue weighted by Crippen LogP contribution is -1.84. The quantitative estimate of drug-likeness (QED) is 0.560. The summed E-state index contributed by atoms with van der Waals surface area (Å²) in [6.45, 7) is 0. The molecule has 0 aliphatic heterocycles. The van der Waals surface area contributed by atoms with Crippen LogP contribution < -0.4 is 0 Å².